The van der Waals surface area contributed by atoms with Crippen molar-refractivity contribution in [3.05, 3.63) is 66.2 Å². The molecule has 30 heavy (non-hydrogen) atoms. The average Bonchev–Trinajstić information content (AvgIpc) is 2.78. The van der Waals surface area contributed by atoms with Crippen molar-refractivity contribution in [3.63, 3.8) is 0 Å². The fourth-order valence-corrected chi connectivity index (χ4v) is 5.73. The molecule has 0 spiro atoms. The second-order valence-corrected chi connectivity index (χ2v) is 10.0. The van der Waals surface area contributed by atoms with Crippen molar-refractivity contribution in [1.29, 1.82) is 0 Å². The van der Waals surface area contributed by atoms with E-state index in [1.807, 2.05) is 25.1 Å². The highest BCUT2D eigenvalue weighted by atomic mass is 32.2. The average molecular weight is 429 g/mol. The lowest BCUT2D eigenvalue weighted by atomic mass is 9.95. The van der Waals surface area contributed by atoms with Crippen molar-refractivity contribution in [2.45, 2.75) is 68.8 Å². The molecule has 0 radical (unpaired) electrons. The Hall–Kier alpha value is -2.18. The minimum Gasteiger partial charge on any atom is -0.352 e. The molecule has 0 saturated heterocycles. The maximum atomic E-state index is 13.3. The third kappa shape index (κ3) is 6.16. The summed E-state index contributed by atoms with van der Waals surface area (Å²) in [5.41, 5.74) is 1.23. The van der Waals surface area contributed by atoms with Crippen LogP contribution in [-0.2, 0) is 21.2 Å². The van der Waals surface area contributed by atoms with Crippen LogP contribution in [0.5, 0.6) is 0 Å². The zero-order chi connectivity index (χ0) is 21.4. The summed E-state index contributed by atoms with van der Waals surface area (Å²) in [5.74, 6) is -0.236. The Morgan fingerprint density at radius 1 is 1.00 bits per heavy atom. The van der Waals surface area contributed by atoms with Crippen molar-refractivity contribution in [2.75, 3.05) is 6.54 Å². The summed E-state index contributed by atoms with van der Waals surface area (Å²) in [5, 5.41) is 3.00. The van der Waals surface area contributed by atoms with Crippen LogP contribution in [0, 0.1) is 0 Å². The Bertz CT molecular complexity index is 895. The van der Waals surface area contributed by atoms with Gasteiger partial charge in [-0.25, -0.2) is 8.42 Å². The number of rotatable bonds is 9. The van der Waals surface area contributed by atoms with Gasteiger partial charge in [0.1, 0.15) is 0 Å². The van der Waals surface area contributed by atoms with Gasteiger partial charge in [-0.05, 0) is 50.3 Å². The lowest BCUT2D eigenvalue weighted by Crippen LogP contribution is -2.48. The molecule has 1 aliphatic rings. The molecule has 0 bridgehead atoms. The summed E-state index contributed by atoms with van der Waals surface area (Å²) in [6.45, 7) is 1.84. The zero-order valence-electron chi connectivity index (χ0n) is 17.7. The summed E-state index contributed by atoms with van der Waals surface area (Å²) in [6, 6.07) is 18.5. The number of sulfonamides is 1. The van der Waals surface area contributed by atoms with E-state index in [1.165, 1.54) is 9.87 Å². The monoisotopic (exact) mass is 428 g/mol. The first kappa shape index (κ1) is 22.5. The number of nitrogens with zero attached hydrogens (tertiary/aromatic N) is 1. The Morgan fingerprint density at radius 2 is 1.60 bits per heavy atom. The quantitative estimate of drug-likeness (QED) is 0.653. The highest BCUT2D eigenvalue weighted by molar-refractivity contribution is 7.89. The van der Waals surface area contributed by atoms with E-state index in [0.29, 0.717) is 0 Å². The fraction of sp³-hybridized carbons (Fsp3) is 0.458. The number of hydrogen-bond donors (Lipinski definition) is 1. The van der Waals surface area contributed by atoms with Gasteiger partial charge in [-0.1, -0.05) is 67.8 Å². The summed E-state index contributed by atoms with van der Waals surface area (Å²) in [6.07, 6.45) is 6.42. The number of amides is 1. The molecule has 162 valence electrons. The van der Waals surface area contributed by atoms with E-state index < -0.39 is 10.0 Å². The van der Waals surface area contributed by atoms with E-state index in [1.54, 1.807) is 30.3 Å². The molecule has 0 unspecified atom stereocenters. The van der Waals surface area contributed by atoms with Crippen LogP contribution >= 0.6 is 0 Å². The number of hydrogen-bond acceptors (Lipinski definition) is 3. The van der Waals surface area contributed by atoms with Crippen LogP contribution in [0.3, 0.4) is 0 Å². The van der Waals surface area contributed by atoms with Crippen LogP contribution in [0.25, 0.3) is 0 Å². The summed E-state index contributed by atoms with van der Waals surface area (Å²) in [4.78, 5) is 13.0. The number of carbonyl (C=O) groups is 1. The van der Waals surface area contributed by atoms with Crippen LogP contribution in [0.2, 0.25) is 0 Å². The second-order valence-electron chi connectivity index (χ2n) is 8.15. The normalized spacial score (nSPS) is 16.3. The summed E-state index contributed by atoms with van der Waals surface area (Å²) < 4.78 is 28.1. The first-order valence-corrected chi connectivity index (χ1v) is 12.3. The van der Waals surface area contributed by atoms with Gasteiger partial charge in [0, 0.05) is 12.1 Å². The van der Waals surface area contributed by atoms with Crippen LogP contribution in [0.1, 0.15) is 51.0 Å². The van der Waals surface area contributed by atoms with Crippen LogP contribution < -0.4 is 5.32 Å². The molecule has 1 fully saturated rings. The van der Waals surface area contributed by atoms with Crippen molar-refractivity contribution in [3.8, 4) is 0 Å². The summed E-state index contributed by atoms with van der Waals surface area (Å²) in [7, 11) is -3.71. The SMILES string of the molecule is C[C@@H](CCc1ccccc1)NC(=O)CN(C1CCCCC1)S(=O)(=O)c1ccccc1. The zero-order valence-corrected chi connectivity index (χ0v) is 18.5. The molecule has 1 amide bonds. The third-order valence-corrected chi connectivity index (χ3v) is 7.66. The van der Waals surface area contributed by atoms with Gasteiger partial charge in [-0.2, -0.15) is 4.31 Å². The van der Waals surface area contributed by atoms with Crippen LogP contribution in [0.15, 0.2) is 65.6 Å². The van der Waals surface area contributed by atoms with Gasteiger partial charge in [0.05, 0.1) is 11.4 Å². The van der Waals surface area contributed by atoms with Crippen molar-refractivity contribution in [2.24, 2.45) is 0 Å². The molecule has 0 aromatic heterocycles. The summed E-state index contributed by atoms with van der Waals surface area (Å²) >= 11 is 0. The van der Waals surface area contributed by atoms with Gasteiger partial charge in [-0.3, -0.25) is 4.79 Å². The predicted molar refractivity (Wildman–Crippen MR) is 120 cm³/mol. The highest BCUT2D eigenvalue weighted by Crippen LogP contribution is 2.27. The largest absolute Gasteiger partial charge is 0.352 e. The molecule has 2 aromatic rings. The Balaban J connectivity index is 1.65. The smallest absolute Gasteiger partial charge is 0.243 e. The van der Waals surface area contributed by atoms with E-state index in [2.05, 4.69) is 17.4 Å². The van der Waals surface area contributed by atoms with Crippen molar-refractivity contribution in [1.82, 2.24) is 9.62 Å². The maximum Gasteiger partial charge on any atom is 0.243 e. The Kier molecular flexibility index (Phi) is 8.05. The Labute approximate surface area is 180 Å². The maximum absolute atomic E-state index is 13.3. The minimum absolute atomic E-state index is 0.0228. The van der Waals surface area contributed by atoms with Gasteiger partial charge in [0.15, 0.2) is 0 Å². The van der Waals surface area contributed by atoms with E-state index in [4.69, 9.17) is 0 Å². The minimum atomic E-state index is -3.71. The van der Waals surface area contributed by atoms with Crippen LogP contribution in [-0.4, -0.2) is 37.3 Å². The second kappa shape index (κ2) is 10.7. The topological polar surface area (TPSA) is 66.5 Å². The standard InChI is InChI=1S/C24H32N2O3S/c1-20(17-18-21-11-5-2-6-12-21)25-24(27)19-26(22-13-7-3-8-14-22)30(28,29)23-15-9-4-10-16-23/h2,4-6,9-12,15-16,20,22H,3,7-8,13-14,17-19H2,1H3,(H,25,27)/t20-/m0/s1. The van der Waals surface area contributed by atoms with Gasteiger partial charge in [0.2, 0.25) is 15.9 Å². The van der Waals surface area contributed by atoms with Crippen LogP contribution in [0.4, 0.5) is 0 Å². The molecule has 2 aromatic carbocycles. The molecule has 1 N–H and O–H groups in total. The molecule has 0 aliphatic heterocycles. The van der Waals surface area contributed by atoms with Crippen molar-refractivity contribution >= 4 is 15.9 Å². The van der Waals surface area contributed by atoms with Gasteiger partial charge >= 0.3 is 0 Å². The van der Waals surface area contributed by atoms with Gasteiger partial charge < -0.3 is 5.32 Å². The van der Waals surface area contributed by atoms with E-state index in [-0.39, 0.29) is 29.4 Å². The molecular weight excluding hydrogens is 396 g/mol. The molecule has 0 heterocycles. The lowest BCUT2D eigenvalue weighted by Gasteiger charge is -2.33. The van der Waals surface area contributed by atoms with E-state index >= 15 is 0 Å². The highest BCUT2D eigenvalue weighted by Gasteiger charge is 2.34. The number of nitrogens with one attached hydrogen (secondary N) is 1. The predicted octanol–water partition coefficient (Wildman–Crippen LogP) is 4.15. The van der Waals surface area contributed by atoms with E-state index in [0.717, 1.165) is 44.9 Å². The number of benzene rings is 2. The third-order valence-electron chi connectivity index (χ3n) is 5.75. The first-order valence-electron chi connectivity index (χ1n) is 10.9. The molecule has 5 nitrogen and oxygen atoms in total. The molecule has 6 heteroatoms. The molecule has 1 aliphatic carbocycles. The van der Waals surface area contributed by atoms with E-state index in [9.17, 15) is 13.2 Å². The molecule has 3 rings (SSSR count). The molecule has 1 atom stereocenters. The number of carbonyl (C=O) groups excluding carboxylic acids is 1. The number of aryl methyl sites for hydroxylation is 1. The van der Waals surface area contributed by atoms with Crippen molar-refractivity contribution < 1.29 is 13.2 Å². The fourth-order valence-electron chi connectivity index (χ4n) is 4.07. The van der Waals surface area contributed by atoms with Gasteiger partial charge in [-0.15, -0.1) is 0 Å². The Morgan fingerprint density at radius 3 is 2.23 bits per heavy atom. The van der Waals surface area contributed by atoms with Gasteiger partial charge in [0.25, 0.3) is 0 Å². The first-order chi connectivity index (χ1) is 14.5. The lowest BCUT2D eigenvalue weighted by molar-refractivity contribution is -0.122. The molecular formula is C24H32N2O3S. The molecule has 1 saturated carbocycles.